The first-order valence-electron chi connectivity index (χ1n) is 5.10. The van der Waals surface area contributed by atoms with Crippen LogP contribution in [-0.4, -0.2) is 14.9 Å². The lowest BCUT2D eigenvalue weighted by atomic mass is 10.1. The average molecular weight is 480 g/mol. The minimum absolute atomic E-state index is 0.00781. The van der Waals surface area contributed by atoms with Gasteiger partial charge in [-0.05, 0) is 6.07 Å². The van der Waals surface area contributed by atoms with E-state index < -0.39 is 4.92 Å². The molecule has 8 heteroatoms. The number of nitriles is 1. The van der Waals surface area contributed by atoms with Crippen LogP contribution in [0.4, 0.5) is 5.69 Å². The van der Waals surface area contributed by atoms with E-state index in [-0.39, 0.29) is 11.3 Å². The third kappa shape index (κ3) is 2.76. The van der Waals surface area contributed by atoms with Gasteiger partial charge in [-0.1, -0.05) is 45.2 Å². The van der Waals surface area contributed by atoms with Gasteiger partial charge in [0, 0.05) is 14.9 Å². The molecular formula is C11H6I2N4O2. The molecular weight excluding hydrogens is 474 g/mol. The Morgan fingerprint density at radius 3 is 2.16 bits per heavy atom. The number of nitro benzene ring substituents is 1. The number of hydrogen-bond donors (Lipinski definition) is 0. The largest absolute Gasteiger partial charge is 0.289 e. The Labute approximate surface area is 135 Å². The van der Waals surface area contributed by atoms with Crippen molar-refractivity contribution >= 4 is 61.9 Å². The van der Waals surface area contributed by atoms with Crippen LogP contribution in [0.5, 0.6) is 0 Å². The summed E-state index contributed by atoms with van der Waals surface area (Å²) < 4.78 is 1.39. The highest BCUT2D eigenvalue weighted by atomic mass is 127. The summed E-state index contributed by atoms with van der Waals surface area (Å²) in [5, 5.41) is 19.9. The summed E-state index contributed by atoms with van der Waals surface area (Å²) in [6.45, 7) is 0. The van der Waals surface area contributed by atoms with Crippen molar-refractivity contribution < 1.29 is 4.92 Å². The predicted molar refractivity (Wildman–Crippen MR) is 86.4 cm³/mol. The molecule has 1 heterocycles. The maximum absolute atomic E-state index is 10.9. The molecule has 0 saturated heterocycles. The summed E-state index contributed by atoms with van der Waals surface area (Å²) in [5.74, 6) is 0. The Balaban J connectivity index is 2.79. The van der Waals surface area contributed by atoms with Crippen LogP contribution in [0.15, 0.2) is 12.1 Å². The summed E-state index contributed by atoms with van der Waals surface area (Å²) >= 11 is 4.37. The summed E-state index contributed by atoms with van der Waals surface area (Å²) in [4.78, 5) is 19.2. The van der Waals surface area contributed by atoms with Crippen LogP contribution in [0.3, 0.4) is 0 Å². The maximum Gasteiger partial charge on any atom is 0.289 e. The van der Waals surface area contributed by atoms with E-state index >= 15 is 0 Å². The van der Waals surface area contributed by atoms with E-state index in [1.807, 2.05) is 6.07 Å². The molecule has 0 fully saturated rings. The third-order valence-electron chi connectivity index (χ3n) is 2.51. The molecule has 0 atom stereocenters. The van der Waals surface area contributed by atoms with E-state index in [0.29, 0.717) is 19.9 Å². The number of alkyl halides is 2. The fourth-order valence-corrected chi connectivity index (χ4v) is 2.84. The second-order valence-corrected chi connectivity index (χ2v) is 5.14. The molecule has 0 amide bonds. The molecule has 19 heavy (non-hydrogen) atoms. The van der Waals surface area contributed by atoms with E-state index in [9.17, 15) is 10.1 Å². The molecule has 6 nitrogen and oxygen atoms in total. The van der Waals surface area contributed by atoms with Crippen LogP contribution in [0, 0.1) is 21.4 Å². The molecule has 0 saturated carbocycles. The quantitative estimate of drug-likeness (QED) is 0.291. The van der Waals surface area contributed by atoms with Gasteiger partial charge in [0.25, 0.3) is 5.69 Å². The van der Waals surface area contributed by atoms with Gasteiger partial charge in [0.05, 0.1) is 27.3 Å². The van der Waals surface area contributed by atoms with Crippen molar-refractivity contribution in [2.45, 2.75) is 8.86 Å². The highest BCUT2D eigenvalue weighted by Gasteiger charge is 2.17. The minimum atomic E-state index is -0.574. The first-order chi connectivity index (χ1) is 9.10. The van der Waals surface area contributed by atoms with Gasteiger partial charge in [0.2, 0.25) is 0 Å². The van der Waals surface area contributed by atoms with Gasteiger partial charge in [-0.2, -0.15) is 5.26 Å². The molecule has 0 aliphatic rings. The topological polar surface area (TPSA) is 92.7 Å². The minimum Gasteiger partial charge on any atom is -0.258 e. The van der Waals surface area contributed by atoms with Crippen molar-refractivity contribution in [1.82, 2.24) is 9.97 Å². The molecule has 1 aromatic heterocycles. The van der Waals surface area contributed by atoms with Crippen molar-refractivity contribution in [3.05, 3.63) is 39.2 Å². The van der Waals surface area contributed by atoms with Crippen LogP contribution in [-0.2, 0) is 8.86 Å². The lowest BCUT2D eigenvalue weighted by Crippen LogP contribution is -2.00. The van der Waals surface area contributed by atoms with Gasteiger partial charge < -0.3 is 0 Å². The van der Waals surface area contributed by atoms with Gasteiger partial charge >= 0.3 is 0 Å². The van der Waals surface area contributed by atoms with Crippen molar-refractivity contribution in [2.75, 3.05) is 0 Å². The summed E-state index contributed by atoms with van der Waals surface area (Å²) in [7, 11) is 0. The second kappa shape index (κ2) is 5.91. The van der Waals surface area contributed by atoms with Crippen molar-refractivity contribution in [2.24, 2.45) is 0 Å². The van der Waals surface area contributed by atoms with Crippen LogP contribution in [0.25, 0.3) is 11.0 Å². The zero-order chi connectivity index (χ0) is 14.0. The van der Waals surface area contributed by atoms with E-state index in [2.05, 4.69) is 55.1 Å². The summed E-state index contributed by atoms with van der Waals surface area (Å²) in [5.41, 5.74) is 2.41. The first kappa shape index (κ1) is 14.3. The van der Waals surface area contributed by atoms with Crippen LogP contribution in [0.1, 0.15) is 17.0 Å². The number of halogens is 2. The van der Waals surface area contributed by atoms with E-state index in [4.69, 9.17) is 5.26 Å². The smallest absolute Gasteiger partial charge is 0.258 e. The van der Waals surface area contributed by atoms with Gasteiger partial charge in [0.15, 0.2) is 0 Å². The number of rotatable bonds is 3. The van der Waals surface area contributed by atoms with Crippen molar-refractivity contribution in [1.29, 1.82) is 5.26 Å². The molecule has 0 aliphatic carbocycles. The Kier molecular flexibility index (Phi) is 4.46. The Morgan fingerprint density at radius 1 is 1.21 bits per heavy atom. The van der Waals surface area contributed by atoms with E-state index in [0.717, 1.165) is 11.4 Å². The van der Waals surface area contributed by atoms with Crippen LogP contribution >= 0.6 is 45.2 Å². The van der Waals surface area contributed by atoms with E-state index in [1.54, 1.807) is 0 Å². The lowest BCUT2D eigenvalue weighted by Gasteiger charge is -2.05. The number of nitrogens with zero attached hydrogens (tertiary/aromatic N) is 4. The van der Waals surface area contributed by atoms with Gasteiger partial charge in [-0.25, -0.2) is 9.97 Å². The SMILES string of the molecule is N#Cc1cc2nc(CI)c(CI)nc2cc1[N+](=O)[O-]. The van der Waals surface area contributed by atoms with Gasteiger partial charge in [-0.3, -0.25) is 10.1 Å². The van der Waals surface area contributed by atoms with Gasteiger partial charge in [0.1, 0.15) is 11.6 Å². The van der Waals surface area contributed by atoms with Crippen LogP contribution < -0.4 is 0 Å². The average Bonchev–Trinajstić information content (AvgIpc) is 2.43. The Bertz CT molecular complexity index is 712. The molecule has 1 aromatic carbocycles. The fraction of sp³-hybridized carbons (Fsp3) is 0.182. The zero-order valence-corrected chi connectivity index (χ0v) is 13.7. The Hall–Kier alpha value is -1.09. The third-order valence-corrected chi connectivity index (χ3v) is 3.95. The number of fused-ring (bicyclic) bond motifs is 1. The monoisotopic (exact) mass is 480 g/mol. The van der Waals surface area contributed by atoms with Crippen LogP contribution in [0.2, 0.25) is 0 Å². The second-order valence-electron chi connectivity index (χ2n) is 3.61. The molecule has 96 valence electrons. The summed E-state index contributed by atoms with van der Waals surface area (Å²) in [6.07, 6.45) is 0. The molecule has 0 bridgehead atoms. The predicted octanol–water partition coefficient (Wildman–Crippen LogP) is 3.28. The highest BCUT2D eigenvalue weighted by Crippen LogP contribution is 2.25. The molecule has 2 aromatic rings. The summed E-state index contributed by atoms with van der Waals surface area (Å²) in [6, 6.07) is 4.56. The number of nitro groups is 1. The standard InChI is InChI=1S/C11H6I2N4O2/c12-3-9-10(4-13)16-8-2-11(17(18)19)6(5-14)1-7(8)15-9/h1-2H,3-4H2. The molecule has 0 radical (unpaired) electrons. The van der Waals surface area contributed by atoms with E-state index in [1.165, 1.54) is 12.1 Å². The zero-order valence-electron chi connectivity index (χ0n) is 9.43. The molecule has 0 N–H and O–H groups in total. The number of hydrogen-bond acceptors (Lipinski definition) is 5. The van der Waals surface area contributed by atoms with Gasteiger partial charge in [-0.15, -0.1) is 0 Å². The first-order valence-corrected chi connectivity index (χ1v) is 8.15. The molecule has 0 aliphatic heterocycles. The molecule has 2 rings (SSSR count). The Morgan fingerprint density at radius 2 is 1.74 bits per heavy atom. The maximum atomic E-state index is 10.9. The molecule has 0 unspecified atom stereocenters. The molecule has 0 spiro atoms. The highest BCUT2D eigenvalue weighted by molar-refractivity contribution is 14.1. The normalized spacial score (nSPS) is 10.4. The fourth-order valence-electron chi connectivity index (χ4n) is 1.62. The van der Waals surface area contributed by atoms with Crippen molar-refractivity contribution in [3.8, 4) is 6.07 Å². The lowest BCUT2D eigenvalue weighted by molar-refractivity contribution is -0.385. The number of benzene rings is 1. The number of aromatic nitrogens is 2. The van der Waals surface area contributed by atoms with Crippen molar-refractivity contribution in [3.63, 3.8) is 0 Å².